The molecule has 5 nitrogen and oxygen atoms in total. The third-order valence-corrected chi connectivity index (χ3v) is 7.31. The van der Waals surface area contributed by atoms with Gasteiger partial charge < -0.3 is 5.32 Å². The van der Waals surface area contributed by atoms with E-state index in [1.807, 2.05) is 12.2 Å². The van der Waals surface area contributed by atoms with E-state index in [1.54, 1.807) is 17.8 Å². The first-order valence-electron chi connectivity index (χ1n) is 9.85. The van der Waals surface area contributed by atoms with Gasteiger partial charge in [-0.05, 0) is 56.2 Å². The molecule has 0 spiro atoms. The zero-order valence-electron chi connectivity index (χ0n) is 15.8. The van der Waals surface area contributed by atoms with E-state index in [-0.39, 0.29) is 16.5 Å². The number of amides is 1. The number of hydrogen-bond donors (Lipinski definition) is 1. The van der Waals surface area contributed by atoms with Gasteiger partial charge in [-0.3, -0.25) is 9.69 Å². The van der Waals surface area contributed by atoms with Gasteiger partial charge in [-0.1, -0.05) is 30.3 Å². The van der Waals surface area contributed by atoms with Crippen LogP contribution >= 0.6 is 23.4 Å². The summed E-state index contributed by atoms with van der Waals surface area (Å²) in [4.78, 5) is 27.5. The molecule has 7 heteroatoms. The highest BCUT2D eigenvalue weighted by Crippen LogP contribution is 2.36. The number of likely N-dealkylation sites (tertiary alicyclic amines) is 1. The Morgan fingerprint density at radius 1 is 1.44 bits per heavy atom. The summed E-state index contributed by atoms with van der Waals surface area (Å²) in [6.07, 6.45) is 12.7. The van der Waals surface area contributed by atoms with E-state index >= 15 is 0 Å². The molecule has 1 aliphatic heterocycles. The second kappa shape index (κ2) is 9.89. The van der Waals surface area contributed by atoms with Crippen LogP contribution in [0.2, 0.25) is 0 Å². The summed E-state index contributed by atoms with van der Waals surface area (Å²) in [5, 5.41) is 6.46. The van der Waals surface area contributed by atoms with E-state index in [1.165, 1.54) is 11.3 Å². The fourth-order valence-corrected chi connectivity index (χ4v) is 5.31. The van der Waals surface area contributed by atoms with Crippen LogP contribution in [0.15, 0.2) is 40.0 Å². The second-order valence-electron chi connectivity index (χ2n) is 7.34. The summed E-state index contributed by atoms with van der Waals surface area (Å²) in [6.45, 7) is 4.93. The Morgan fingerprint density at radius 3 is 3.00 bits per heavy atom. The van der Waals surface area contributed by atoms with Gasteiger partial charge >= 0.3 is 0 Å². The van der Waals surface area contributed by atoms with Crippen LogP contribution in [0, 0.1) is 4.91 Å². The molecule has 0 saturated carbocycles. The van der Waals surface area contributed by atoms with Gasteiger partial charge in [0.1, 0.15) is 6.04 Å². The van der Waals surface area contributed by atoms with Crippen molar-refractivity contribution in [2.24, 2.45) is 5.18 Å². The first-order chi connectivity index (χ1) is 13.1. The molecular formula is C20H28ClN3O2S. The number of hydrogen-bond acceptors (Lipinski definition) is 5. The predicted octanol–water partition coefficient (Wildman–Crippen LogP) is 4.00. The van der Waals surface area contributed by atoms with E-state index < -0.39 is 6.04 Å². The molecule has 0 radical (unpaired) electrons. The van der Waals surface area contributed by atoms with Gasteiger partial charge in [-0.2, -0.15) is 4.91 Å². The van der Waals surface area contributed by atoms with Crippen molar-refractivity contribution in [1.29, 1.82) is 0 Å². The van der Waals surface area contributed by atoms with Gasteiger partial charge in [0.2, 0.25) is 0 Å². The first-order valence-corrected chi connectivity index (χ1v) is 11.2. The van der Waals surface area contributed by atoms with Crippen LogP contribution in [0.4, 0.5) is 0 Å². The maximum atomic E-state index is 12.5. The third-order valence-electron chi connectivity index (χ3n) is 5.53. The molecule has 1 fully saturated rings. The molecule has 0 bridgehead atoms. The van der Waals surface area contributed by atoms with Crippen molar-refractivity contribution in [3.63, 3.8) is 0 Å². The van der Waals surface area contributed by atoms with Crippen LogP contribution in [-0.4, -0.2) is 53.2 Å². The van der Waals surface area contributed by atoms with Crippen LogP contribution in [0.5, 0.6) is 0 Å². The lowest BCUT2D eigenvalue weighted by molar-refractivity contribution is -0.117. The Balaban J connectivity index is 1.54. The third kappa shape index (κ3) is 5.46. The highest BCUT2D eigenvalue weighted by Gasteiger charge is 2.28. The average molecular weight is 410 g/mol. The lowest BCUT2D eigenvalue weighted by Gasteiger charge is -2.25. The van der Waals surface area contributed by atoms with Gasteiger partial charge in [-0.25, -0.2) is 0 Å². The Morgan fingerprint density at radius 2 is 2.30 bits per heavy atom. The minimum Gasteiger partial charge on any atom is -0.350 e. The van der Waals surface area contributed by atoms with Crippen LogP contribution in [-0.2, 0) is 4.79 Å². The average Bonchev–Trinajstić information content (AvgIpc) is 3.15. The lowest BCUT2D eigenvalue weighted by Crippen LogP contribution is -2.40. The smallest absolute Gasteiger partial charge is 0.251 e. The van der Waals surface area contributed by atoms with Crippen molar-refractivity contribution in [2.75, 3.05) is 19.6 Å². The molecule has 0 aromatic carbocycles. The SMILES string of the molecule is CCN1CCCC1CNC(=O)C1=CC(N=O)C(SC2=CCC(Cl)CC2)C=C1. The fourth-order valence-electron chi connectivity index (χ4n) is 3.91. The van der Waals surface area contributed by atoms with E-state index in [4.69, 9.17) is 11.6 Å². The number of carbonyl (C=O) groups excluding carboxylic acids is 1. The van der Waals surface area contributed by atoms with E-state index in [0.29, 0.717) is 18.2 Å². The summed E-state index contributed by atoms with van der Waals surface area (Å²) >= 11 is 7.80. The van der Waals surface area contributed by atoms with Gasteiger partial charge in [0.25, 0.3) is 5.91 Å². The van der Waals surface area contributed by atoms with Crippen molar-refractivity contribution in [1.82, 2.24) is 10.2 Å². The Hall–Kier alpha value is -1.11. The molecule has 4 atom stereocenters. The number of likely N-dealkylation sites (N-methyl/N-ethyl adjacent to an activating group) is 1. The molecular weight excluding hydrogens is 382 g/mol. The monoisotopic (exact) mass is 409 g/mol. The molecule has 2 aliphatic carbocycles. The van der Waals surface area contributed by atoms with Crippen LogP contribution in [0.25, 0.3) is 0 Å². The van der Waals surface area contributed by atoms with Crippen LogP contribution in [0.3, 0.4) is 0 Å². The first kappa shape index (κ1) is 20.6. The number of nitrogens with one attached hydrogen (secondary N) is 1. The standard InChI is InChI=1S/C20H28ClN3O2S/c1-2-24-11-3-4-16(24)13-22-20(25)14-5-10-19(18(12-14)23-26)27-17-8-6-15(21)7-9-17/h5,8,10,12,15-16,18-19H,2-4,6-7,9,11,13H2,1H3,(H,22,25). The molecule has 3 rings (SSSR count). The molecule has 4 unspecified atom stereocenters. The highest BCUT2D eigenvalue weighted by molar-refractivity contribution is 8.03. The summed E-state index contributed by atoms with van der Waals surface area (Å²) < 4.78 is 0. The molecule has 27 heavy (non-hydrogen) atoms. The number of halogens is 1. The normalized spacial score (nSPS) is 31.3. The van der Waals surface area contributed by atoms with E-state index in [9.17, 15) is 9.70 Å². The van der Waals surface area contributed by atoms with E-state index in [0.717, 1.165) is 38.8 Å². The molecule has 1 heterocycles. The minimum atomic E-state index is -0.519. The quantitative estimate of drug-likeness (QED) is 0.510. The maximum Gasteiger partial charge on any atom is 0.251 e. The summed E-state index contributed by atoms with van der Waals surface area (Å²) in [5.74, 6) is -0.117. The van der Waals surface area contributed by atoms with Crippen LogP contribution in [0.1, 0.15) is 39.0 Å². The fraction of sp³-hybridized carbons (Fsp3) is 0.650. The van der Waals surface area contributed by atoms with Crippen molar-refractivity contribution in [3.8, 4) is 0 Å². The maximum absolute atomic E-state index is 12.5. The topological polar surface area (TPSA) is 61.8 Å². The van der Waals surface area contributed by atoms with Gasteiger partial charge in [0, 0.05) is 23.5 Å². The van der Waals surface area contributed by atoms with Crippen molar-refractivity contribution in [3.05, 3.63) is 39.7 Å². The zero-order chi connectivity index (χ0) is 19.2. The molecule has 1 saturated heterocycles. The van der Waals surface area contributed by atoms with Gasteiger partial charge in [-0.15, -0.1) is 23.4 Å². The number of nitroso groups, excluding NO2 is 1. The highest BCUT2D eigenvalue weighted by atomic mass is 35.5. The Kier molecular flexibility index (Phi) is 7.56. The Bertz CT molecular complexity index is 649. The summed E-state index contributed by atoms with van der Waals surface area (Å²) in [5.41, 5.74) is 0.538. The number of allylic oxidation sites excluding steroid dienone is 2. The second-order valence-corrected chi connectivity index (χ2v) is 9.26. The molecule has 0 aromatic heterocycles. The lowest BCUT2D eigenvalue weighted by atomic mass is 10.0. The molecule has 148 valence electrons. The number of carbonyl (C=O) groups is 1. The van der Waals surface area contributed by atoms with Crippen molar-refractivity contribution >= 4 is 29.3 Å². The number of alkyl halides is 1. The minimum absolute atomic E-state index is 0.0532. The zero-order valence-corrected chi connectivity index (χ0v) is 17.3. The molecule has 1 amide bonds. The van der Waals surface area contributed by atoms with Crippen LogP contribution < -0.4 is 5.32 Å². The van der Waals surface area contributed by atoms with Gasteiger partial charge in [0.15, 0.2) is 0 Å². The summed E-state index contributed by atoms with van der Waals surface area (Å²) in [6, 6.07) is -0.103. The Labute approximate surface area is 170 Å². The van der Waals surface area contributed by atoms with Crippen molar-refractivity contribution in [2.45, 2.75) is 61.7 Å². The van der Waals surface area contributed by atoms with Gasteiger partial charge in [0.05, 0.1) is 5.25 Å². The van der Waals surface area contributed by atoms with E-state index in [2.05, 4.69) is 28.4 Å². The van der Waals surface area contributed by atoms with Crippen molar-refractivity contribution < 1.29 is 4.79 Å². The summed E-state index contributed by atoms with van der Waals surface area (Å²) in [7, 11) is 0. The molecule has 1 N–H and O–H groups in total. The number of thioether (sulfide) groups is 1. The number of rotatable bonds is 7. The molecule has 3 aliphatic rings. The molecule has 0 aromatic rings. The number of nitrogens with zero attached hydrogens (tertiary/aromatic N) is 2. The largest absolute Gasteiger partial charge is 0.350 e. The predicted molar refractivity (Wildman–Crippen MR) is 113 cm³/mol.